The lowest BCUT2D eigenvalue weighted by molar-refractivity contribution is -0.138. The molecule has 0 amide bonds. The summed E-state index contributed by atoms with van der Waals surface area (Å²) < 4.78 is 17.5. The lowest BCUT2D eigenvalue weighted by Crippen LogP contribution is -2.54. The fraction of sp³-hybridized carbons (Fsp3) is 1.00. The van der Waals surface area contributed by atoms with Gasteiger partial charge in [0.15, 0.2) is 0 Å². The minimum Gasteiger partial charge on any atom is -0.402 e. The molecule has 5 heteroatoms. The molecule has 4 nitrogen and oxygen atoms in total. The van der Waals surface area contributed by atoms with Gasteiger partial charge in [0, 0.05) is 6.61 Å². The Kier molecular flexibility index (Phi) is 4.29. The first-order chi connectivity index (χ1) is 12.5. The Balaban J connectivity index is 1.37. The summed E-state index contributed by atoms with van der Waals surface area (Å²) in [6.07, 6.45) is 10.9. The van der Waals surface area contributed by atoms with Crippen LogP contribution >= 0.6 is 0 Å². The van der Waals surface area contributed by atoms with Gasteiger partial charge in [-0.25, -0.2) is 0 Å². The molecular formula is C21H35BO4. The summed E-state index contributed by atoms with van der Waals surface area (Å²) in [5.41, 5.74) is 0.686. The first kappa shape index (κ1) is 18.0. The first-order valence-electron chi connectivity index (χ1n) is 11.1. The summed E-state index contributed by atoms with van der Waals surface area (Å²) in [5, 5.41) is 9.78. The fourth-order valence-corrected chi connectivity index (χ4v) is 8.23. The Morgan fingerprint density at radius 3 is 2.62 bits per heavy atom. The van der Waals surface area contributed by atoms with E-state index < -0.39 is 7.32 Å². The van der Waals surface area contributed by atoms with Gasteiger partial charge in [0.1, 0.15) is 0 Å². The molecule has 0 spiro atoms. The highest BCUT2D eigenvalue weighted by molar-refractivity contribution is 6.35. The molecule has 1 heterocycles. The van der Waals surface area contributed by atoms with Crippen LogP contribution in [0.25, 0.3) is 0 Å². The summed E-state index contributed by atoms with van der Waals surface area (Å²) in [4.78, 5) is 0. The molecule has 0 aromatic heterocycles. The van der Waals surface area contributed by atoms with Crippen molar-refractivity contribution in [1.29, 1.82) is 0 Å². The number of fused-ring (bicyclic) bond motifs is 7. The van der Waals surface area contributed by atoms with Crippen LogP contribution in [0.1, 0.15) is 72.1 Å². The zero-order valence-corrected chi connectivity index (χ0v) is 16.7. The van der Waals surface area contributed by atoms with E-state index in [0.29, 0.717) is 17.4 Å². The molecule has 9 atom stereocenters. The fourth-order valence-electron chi connectivity index (χ4n) is 8.23. The Morgan fingerprint density at radius 1 is 1.00 bits per heavy atom. The van der Waals surface area contributed by atoms with E-state index in [4.69, 9.17) is 14.0 Å². The van der Waals surface area contributed by atoms with E-state index in [9.17, 15) is 5.02 Å². The maximum atomic E-state index is 9.78. The van der Waals surface area contributed by atoms with E-state index in [1.807, 2.05) is 0 Å². The van der Waals surface area contributed by atoms with Crippen LogP contribution in [0.3, 0.4) is 0 Å². The normalized spacial score (nSPS) is 55.8. The van der Waals surface area contributed by atoms with E-state index in [1.165, 1.54) is 44.9 Å². The second-order valence-electron chi connectivity index (χ2n) is 10.3. The van der Waals surface area contributed by atoms with E-state index in [0.717, 1.165) is 30.8 Å². The van der Waals surface area contributed by atoms with Crippen LogP contribution in [0.15, 0.2) is 0 Å². The van der Waals surface area contributed by atoms with Crippen LogP contribution in [0, 0.1) is 34.5 Å². The molecule has 5 aliphatic rings. The van der Waals surface area contributed by atoms with Crippen molar-refractivity contribution in [1.82, 2.24) is 0 Å². The van der Waals surface area contributed by atoms with Crippen molar-refractivity contribution in [3.8, 4) is 0 Å². The van der Waals surface area contributed by atoms with Crippen molar-refractivity contribution in [3.05, 3.63) is 0 Å². The van der Waals surface area contributed by atoms with E-state index in [-0.39, 0.29) is 17.6 Å². The molecule has 5 rings (SSSR count). The van der Waals surface area contributed by atoms with Crippen molar-refractivity contribution in [2.24, 2.45) is 34.5 Å². The third-order valence-electron chi connectivity index (χ3n) is 9.49. The predicted octanol–water partition coefficient (Wildman–Crippen LogP) is 3.81. The van der Waals surface area contributed by atoms with E-state index in [1.54, 1.807) is 0 Å². The van der Waals surface area contributed by atoms with Gasteiger partial charge in [0.2, 0.25) is 0 Å². The van der Waals surface area contributed by atoms with Crippen molar-refractivity contribution < 1.29 is 19.1 Å². The van der Waals surface area contributed by atoms with Crippen LogP contribution in [0.2, 0.25) is 0 Å². The van der Waals surface area contributed by atoms with Crippen LogP contribution in [-0.4, -0.2) is 37.3 Å². The molecule has 1 aliphatic heterocycles. The molecule has 1 N–H and O–H groups in total. The number of hydrogen-bond donors (Lipinski definition) is 1. The highest BCUT2D eigenvalue weighted by Gasteiger charge is 2.65. The minimum atomic E-state index is -0.998. The Morgan fingerprint density at radius 2 is 1.81 bits per heavy atom. The molecule has 1 saturated heterocycles. The molecule has 4 saturated carbocycles. The lowest BCUT2D eigenvalue weighted by atomic mass is 9.45. The molecule has 26 heavy (non-hydrogen) atoms. The number of rotatable bonds is 2. The zero-order chi connectivity index (χ0) is 18.1. The monoisotopic (exact) mass is 362 g/mol. The van der Waals surface area contributed by atoms with Crippen LogP contribution in [0.4, 0.5) is 0 Å². The molecule has 4 aliphatic carbocycles. The standard InChI is InChI=1S/C21H35BO4/c1-4-24-14-7-9-20(2)13(11-14)5-6-15-16(20)8-10-21(3)17(15)12-18-19(21)26-22(23)25-18/h13-19,23H,4-12H2,1-3H3. The maximum absolute atomic E-state index is 9.78. The molecule has 0 bridgehead atoms. The highest BCUT2D eigenvalue weighted by atomic mass is 16.7. The predicted molar refractivity (Wildman–Crippen MR) is 100 cm³/mol. The van der Waals surface area contributed by atoms with Crippen molar-refractivity contribution >= 4 is 7.32 Å². The molecule has 9 unspecified atom stereocenters. The first-order valence-corrected chi connectivity index (χ1v) is 11.1. The Labute approximate surface area is 158 Å². The Bertz CT molecular complexity index is 558. The van der Waals surface area contributed by atoms with Crippen molar-refractivity contribution in [2.45, 2.75) is 90.4 Å². The average molecular weight is 362 g/mol. The highest BCUT2D eigenvalue weighted by Crippen LogP contribution is 2.67. The lowest BCUT2D eigenvalue weighted by Gasteiger charge is -2.61. The second kappa shape index (κ2) is 6.20. The molecular weight excluding hydrogens is 327 g/mol. The summed E-state index contributed by atoms with van der Waals surface area (Å²) in [7, 11) is -0.998. The van der Waals surface area contributed by atoms with Gasteiger partial charge in [-0.3, -0.25) is 0 Å². The van der Waals surface area contributed by atoms with Gasteiger partial charge in [-0.2, -0.15) is 0 Å². The number of hydrogen-bond acceptors (Lipinski definition) is 4. The van der Waals surface area contributed by atoms with Gasteiger partial charge in [0.25, 0.3) is 0 Å². The van der Waals surface area contributed by atoms with Crippen LogP contribution in [-0.2, 0) is 14.0 Å². The third-order valence-corrected chi connectivity index (χ3v) is 9.49. The van der Waals surface area contributed by atoms with Gasteiger partial charge >= 0.3 is 7.32 Å². The third kappa shape index (κ3) is 2.43. The summed E-state index contributed by atoms with van der Waals surface area (Å²) in [5.74, 6) is 3.21. The average Bonchev–Trinajstić information content (AvgIpc) is 3.10. The maximum Gasteiger partial charge on any atom is 0.637 e. The molecule has 146 valence electrons. The van der Waals surface area contributed by atoms with Crippen LogP contribution < -0.4 is 0 Å². The smallest absolute Gasteiger partial charge is 0.402 e. The van der Waals surface area contributed by atoms with Crippen LogP contribution in [0.5, 0.6) is 0 Å². The van der Waals surface area contributed by atoms with Gasteiger partial charge < -0.3 is 19.1 Å². The molecule has 0 aromatic rings. The van der Waals surface area contributed by atoms with Crippen molar-refractivity contribution in [3.63, 3.8) is 0 Å². The Hall–Kier alpha value is -0.0951. The summed E-state index contributed by atoms with van der Waals surface area (Å²) >= 11 is 0. The molecule has 0 radical (unpaired) electrons. The summed E-state index contributed by atoms with van der Waals surface area (Å²) in [6, 6.07) is 0. The van der Waals surface area contributed by atoms with Gasteiger partial charge in [-0.05, 0) is 92.8 Å². The van der Waals surface area contributed by atoms with E-state index in [2.05, 4.69) is 20.8 Å². The largest absolute Gasteiger partial charge is 0.637 e. The zero-order valence-electron chi connectivity index (χ0n) is 16.7. The molecule has 5 fully saturated rings. The van der Waals surface area contributed by atoms with E-state index >= 15 is 0 Å². The number of ether oxygens (including phenoxy) is 1. The van der Waals surface area contributed by atoms with Gasteiger partial charge in [-0.15, -0.1) is 0 Å². The summed E-state index contributed by atoms with van der Waals surface area (Å²) in [6.45, 7) is 8.01. The molecule has 0 aromatic carbocycles. The van der Waals surface area contributed by atoms with Gasteiger partial charge in [0.05, 0.1) is 18.3 Å². The quantitative estimate of drug-likeness (QED) is 0.759. The topological polar surface area (TPSA) is 47.9 Å². The van der Waals surface area contributed by atoms with Crippen molar-refractivity contribution in [2.75, 3.05) is 6.61 Å². The van der Waals surface area contributed by atoms with Gasteiger partial charge in [-0.1, -0.05) is 13.8 Å². The second-order valence-corrected chi connectivity index (χ2v) is 10.3. The minimum absolute atomic E-state index is 0.0997. The SMILES string of the molecule is CCOC1CCC2(C)C(CCC3C2CCC2(C)C3CC3OB(O)OC32)C1.